The van der Waals surface area contributed by atoms with Gasteiger partial charge in [-0.3, -0.25) is 48.9 Å². The molecule has 0 spiro atoms. The number of imide groups is 2. The SMILES string of the molecule is CCc1cc2ncc(CN3CCN(c4ccc(C(=O)N[C@H]5CC[C@H](Nc6ccc7c(c6)C(=O)N(C6CCC(=O)NC6=O)C7=O)CC5)nc4)CC3)cc2[nH]c1=O. The first-order valence-corrected chi connectivity index (χ1v) is 19.0. The number of carbonyl (C=O) groups is 5. The molecular formula is C40H43N9O6. The molecule has 4 aromatic rings. The van der Waals surface area contributed by atoms with Gasteiger partial charge in [0, 0.05) is 68.7 Å². The average Bonchev–Trinajstić information content (AvgIpc) is 3.43. The van der Waals surface area contributed by atoms with Gasteiger partial charge in [-0.2, -0.15) is 0 Å². The summed E-state index contributed by atoms with van der Waals surface area (Å²) in [6, 6.07) is 11.7. The first-order chi connectivity index (χ1) is 26.6. The van der Waals surface area contributed by atoms with Gasteiger partial charge in [0.05, 0.1) is 34.0 Å². The smallest absolute Gasteiger partial charge is 0.270 e. The van der Waals surface area contributed by atoms with Gasteiger partial charge in [-0.1, -0.05) is 6.92 Å². The number of fused-ring (bicyclic) bond motifs is 2. The van der Waals surface area contributed by atoms with Crippen molar-refractivity contribution in [3.05, 3.63) is 93.2 Å². The van der Waals surface area contributed by atoms with Gasteiger partial charge in [-0.15, -0.1) is 0 Å². The molecule has 1 aliphatic carbocycles. The number of anilines is 2. The van der Waals surface area contributed by atoms with E-state index in [2.05, 4.69) is 40.7 Å². The molecule has 1 atom stereocenters. The van der Waals surface area contributed by atoms with Gasteiger partial charge < -0.3 is 20.5 Å². The van der Waals surface area contributed by atoms with Crippen LogP contribution in [0.5, 0.6) is 0 Å². The first-order valence-electron chi connectivity index (χ1n) is 19.0. The van der Waals surface area contributed by atoms with E-state index < -0.39 is 29.7 Å². The van der Waals surface area contributed by atoms with Gasteiger partial charge in [0.15, 0.2) is 0 Å². The number of aromatic nitrogens is 3. The first kappa shape index (κ1) is 36.0. The highest BCUT2D eigenvalue weighted by atomic mass is 16.2. The van der Waals surface area contributed by atoms with Crippen LogP contribution in [0.15, 0.2) is 59.7 Å². The highest BCUT2D eigenvalue weighted by Gasteiger charge is 2.44. The molecule has 1 aromatic carbocycles. The fourth-order valence-electron chi connectivity index (χ4n) is 8.08. The third-order valence-electron chi connectivity index (χ3n) is 11.2. The molecule has 0 bridgehead atoms. The number of hydrogen-bond acceptors (Lipinski definition) is 11. The van der Waals surface area contributed by atoms with Crippen molar-refractivity contribution in [2.75, 3.05) is 36.4 Å². The molecule has 8 rings (SSSR count). The number of aromatic amines is 1. The Kier molecular flexibility index (Phi) is 9.86. The zero-order valence-electron chi connectivity index (χ0n) is 30.6. The summed E-state index contributed by atoms with van der Waals surface area (Å²) >= 11 is 0. The number of piperazine rings is 1. The molecule has 1 saturated carbocycles. The number of pyridine rings is 3. The number of piperidine rings is 1. The second kappa shape index (κ2) is 15.1. The van der Waals surface area contributed by atoms with E-state index in [9.17, 15) is 28.8 Å². The minimum Gasteiger partial charge on any atom is -0.382 e. The molecule has 55 heavy (non-hydrogen) atoms. The molecule has 2 saturated heterocycles. The Hall–Kier alpha value is -5.96. The summed E-state index contributed by atoms with van der Waals surface area (Å²) in [5.74, 6) is -2.31. The Morgan fingerprint density at radius 3 is 2.33 bits per heavy atom. The molecule has 3 aliphatic heterocycles. The number of hydrogen-bond donors (Lipinski definition) is 4. The Labute approximate surface area is 316 Å². The molecule has 15 heteroatoms. The minimum absolute atomic E-state index is 0.00765. The minimum atomic E-state index is -1.00. The van der Waals surface area contributed by atoms with Crippen molar-refractivity contribution in [1.82, 2.24) is 35.4 Å². The van der Waals surface area contributed by atoms with Gasteiger partial charge >= 0.3 is 0 Å². The molecule has 15 nitrogen and oxygen atoms in total. The maximum Gasteiger partial charge on any atom is 0.270 e. The summed E-state index contributed by atoms with van der Waals surface area (Å²) in [5, 5.41) is 8.82. The number of amides is 5. The Morgan fingerprint density at radius 2 is 1.60 bits per heavy atom. The van der Waals surface area contributed by atoms with Gasteiger partial charge in [0.2, 0.25) is 11.8 Å². The summed E-state index contributed by atoms with van der Waals surface area (Å²) in [7, 11) is 0. The van der Waals surface area contributed by atoms with Crippen molar-refractivity contribution >= 4 is 51.9 Å². The van der Waals surface area contributed by atoms with Crippen LogP contribution in [-0.4, -0.2) is 98.6 Å². The van der Waals surface area contributed by atoms with Crippen LogP contribution in [0, 0.1) is 0 Å². The Morgan fingerprint density at radius 1 is 0.836 bits per heavy atom. The Balaban J connectivity index is 0.788. The lowest BCUT2D eigenvalue weighted by molar-refractivity contribution is -0.136. The third kappa shape index (κ3) is 7.43. The van der Waals surface area contributed by atoms with E-state index in [-0.39, 0.29) is 47.5 Å². The maximum absolute atomic E-state index is 13.2. The molecule has 3 fully saturated rings. The van der Waals surface area contributed by atoms with Crippen LogP contribution in [0.1, 0.15) is 87.8 Å². The number of nitrogens with one attached hydrogen (secondary N) is 4. The highest BCUT2D eigenvalue weighted by Crippen LogP contribution is 2.31. The third-order valence-corrected chi connectivity index (χ3v) is 11.2. The topological polar surface area (TPSA) is 190 Å². The summed E-state index contributed by atoms with van der Waals surface area (Å²) < 4.78 is 0. The number of H-pyrrole nitrogens is 1. The zero-order valence-corrected chi connectivity index (χ0v) is 30.6. The molecule has 284 valence electrons. The van der Waals surface area contributed by atoms with Crippen LogP contribution in [0.25, 0.3) is 11.0 Å². The van der Waals surface area contributed by atoms with Crippen molar-refractivity contribution in [2.45, 2.75) is 76.5 Å². The van der Waals surface area contributed by atoms with E-state index in [4.69, 9.17) is 0 Å². The molecule has 6 heterocycles. The van der Waals surface area contributed by atoms with Crippen LogP contribution in [0.4, 0.5) is 11.4 Å². The van der Waals surface area contributed by atoms with E-state index >= 15 is 0 Å². The molecule has 0 radical (unpaired) electrons. The number of benzene rings is 1. The van der Waals surface area contributed by atoms with Gasteiger partial charge in [0.25, 0.3) is 23.3 Å². The maximum atomic E-state index is 13.2. The number of nitrogens with zero attached hydrogens (tertiary/aromatic N) is 5. The van der Waals surface area contributed by atoms with E-state index in [0.29, 0.717) is 17.8 Å². The highest BCUT2D eigenvalue weighted by molar-refractivity contribution is 6.23. The second-order valence-electron chi connectivity index (χ2n) is 14.8. The summed E-state index contributed by atoms with van der Waals surface area (Å²) in [5.41, 5.74) is 5.82. The lowest BCUT2D eigenvalue weighted by Gasteiger charge is -2.36. The summed E-state index contributed by atoms with van der Waals surface area (Å²) in [6.07, 6.45) is 7.63. The number of carbonyl (C=O) groups excluding carboxylic acids is 5. The van der Waals surface area contributed by atoms with Crippen LogP contribution in [-0.2, 0) is 22.6 Å². The molecule has 4 aliphatic rings. The number of rotatable bonds is 9. The second-order valence-corrected chi connectivity index (χ2v) is 14.8. The van der Waals surface area contributed by atoms with Crippen LogP contribution in [0.2, 0.25) is 0 Å². The molecule has 3 aromatic heterocycles. The van der Waals surface area contributed by atoms with Gasteiger partial charge in [0.1, 0.15) is 11.7 Å². The Bertz CT molecular complexity index is 2240. The van der Waals surface area contributed by atoms with Crippen LogP contribution >= 0.6 is 0 Å². The lowest BCUT2D eigenvalue weighted by atomic mass is 9.90. The summed E-state index contributed by atoms with van der Waals surface area (Å²) in [6.45, 7) is 6.06. The molecular weight excluding hydrogens is 702 g/mol. The predicted molar refractivity (Wildman–Crippen MR) is 204 cm³/mol. The molecule has 5 amide bonds. The van der Waals surface area contributed by atoms with Gasteiger partial charge in [-0.25, -0.2) is 4.98 Å². The monoisotopic (exact) mass is 745 g/mol. The standard InChI is InChI=1S/C40H43N9O6/c1-2-24-18-32-33(45-36(24)51)17-23(20-41-32)22-47-13-15-48(16-14-47)28-8-10-31(42-21-28)37(52)44-26-5-3-25(4-6-26)43-27-7-9-29-30(19-27)40(55)49(39(29)54)34-11-12-35(50)46-38(34)53/h7-10,17-21,25-26,34,43H,2-6,11-16,22H2,1H3,(H,44,52)(H,45,51)(H,46,50,53)/t25-,26-,34?. The normalized spacial score (nSPS) is 21.8. The van der Waals surface area contributed by atoms with Gasteiger partial charge in [-0.05, 0) is 86.6 Å². The largest absolute Gasteiger partial charge is 0.382 e. The summed E-state index contributed by atoms with van der Waals surface area (Å²) in [4.78, 5) is 93.2. The van der Waals surface area contributed by atoms with Crippen LogP contribution < -0.4 is 26.4 Å². The zero-order chi connectivity index (χ0) is 38.2. The quantitative estimate of drug-likeness (QED) is 0.185. The van der Waals surface area contributed by atoms with E-state index in [1.807, 2.05) is 31.3 Å². The van der Waals surface area contributed by atoms with E-state index in [1.54, 1.807) is 30.5 Å². The average molecular weight is 746 g/mol. The van der Waals surface area contributed by atoms with Crippen molar-refractivity contribution in [1.29, 1.82) is 0 Å². The predicted octanol–water partition coefficient (Wildman–Crippen LogP) is 2.76. The van der Waals surface area contributed by atoms with Crippen molar-refractivity contribution in [3.8, 4) is 0 Å². The fourth-order valence-corrected chi connectivity index (χ4v) is 8.08. The van der Waals surface area contributed by atoms with E-state index in [0.717, 1.165) is 91.2 Å². The van der Waals surface area contributed by atoms with Crippen LogP contribution in [0.3, 0.4) is 0 Å². The lowest BCUT2D eigenvalue weighted by Crippen LogP contribution is -2.54. The van der Waals surface area contributed by atoms with Crippen molar-refractivity contribution in [3.63, 3.8) is 0 Å². The van der Waals surface area contributed by atoms with Crippen molar-refractivity contribution < 1.29 is 24.0 Å². The molecule has 4 N–H and O–H groups in total. The molecule has 1 unspecified atom stereocenters. The number of aryl methyl sites for hydroxylation is 1. The fraction of sp³-hybridized carbons (Fsp3) is 0.400. The van der Waals surface area contributed by atoms with Crippen molar-refractivity contribution in [2.24, 2.45) is 0 Å². The van der Waals surface area contributed by atoms with E-state index in [1.165, 1.54) is 0 Å².